The van der Waals surface area contributed by atoms with Crippen molar-refractivity contribution in [1.29, 1.82) is 0 Å². The lowest BCUT2D eigenvalue weighted by atomic mass is 9.97. The number of ether oxygens (including phenoxy) is 1. The fraction of sp³-hybridized carbons (Fsp3) is 0.455. The average Bonchev–Trinajstić information content (AvgIpc) is 3.21. The lowest BCUT2D eigenvalue weighted by Gasteiger charge is -2.31. The van der Waals surface area contributed by atoms with E-state index < -0.39 is 28.0 Å². The molecule has 1 aromatic carbocycles. The smallest absolute Gasteiger partial charge is 0.308 e. The van der Waals surface area contributed by atoms with Crippen LogP contribution in [0.1, 0.15) is 42.7 Å². The molecule has 0 spiro atoms. The molecule has 1 aliphatic heterocycles. The molecule has 31 heavy (non-hydrogen) atoms. The molecule has 0 saturated carbocycles. The summed E-state index contributed by atoms with van der Waals surface area (Å²) in [4.78, 5) is 26.0. The van der Waals surface area contributed by atoms with E-state index in [2.05, 4.69) is 5.32 Å². The van der Waals surface area contributed by atoms with Crippen LogP contribution in [0.2, 0.25) is 0 Å². The van der Waals surface area contributed by atoms with Crippen LogP contribution in [0.25, 0.3) is 0 Å². The Balaban J connectivity index is 1.72. The fourth-order valence-electron chi connectivity index (χ4n) is 3.67. The molecule has 2 aromatic rings. The summed E-state index contributed by atoms with van der Waals surface area (Å²) in [5, 5.41) is 2.95. The number of hydrogen-bond donors (Lipinski definition) is 1. The van der Waals surface area contributed by atoms with Gasteiger partial charge in [-0.15, -0.1) is 11.3 Å². The topological polar surface area (TPSA) is 92.8 Å². The number of aryl methyl sites for hydroxylation is 1. The van der Waals surface area contributed by atoms with E-state index in [9.17, 15) is 18.0 Å². The summed E-state index contributed by atoms with van der Waals surface area (Å²) in [5.41, 5.74) is 0.804. The lowest BCUT2D eigenvalue weighted by Crippen LogP contribution is -2.46. The molecule has 0 aliphatic carbocycles. The molecule has 2 heterocycles. The van der Waals surface area contributed by atoms with Gasteiger partial charge in [0, 0.05) is 18.0 Å². The first-order valence-corrected chi connectivity index (χ1v) is 12.6. The SMILES string of the molecule is CCOC(=O)CC(NC(=O)C1CCCN(S(=O)(=O)c2ccc(C)s2)C1)c1ccccc1. The number of esters is 1. The Hall–Kier alpha value is -2.23. The quantitative estimate of drug-likeness (QED) is 0.606. The van der Waals surface area contributed by atoms with E-state index in [0.29, 0.717) is 23.6 Å². The fourth-order valence-corrected chi connectivity index (χ4v) is 6.63. The van der Waals surface area contributed by atoms with Crippen LogP contribution < -0.4 is 5.32 Å². The second-order valence-corrected chi connectivity index (χ2v) is 11.0. The zero-order valence-corrected chi connectivity index (χ0v) is 19.4. The molecule has 1 aromatic heterocycles. The number of nitrogens with one attached hydrogen (secondary N) is 1. The molecular formula is C22H28N2O5S2. The molecule has 2 atom stereocenters. The Kier molecular flexibility index (Phi) is 7.85. The minimum Gasteiger partial charge on any atom is -0.466 e. The molecular weight excluding hydrogens is 436 g/mol. The summed E-state index contributed by atoms with van der Waals surface area (Å²) in [6.45, 7) is 4.40. The van der Waals surface area contributed by atoms with Gasteiger partial charge >= 0.3 is 5.97 Å². The third-order valence-corrected chi connectivity index (χ3v) is 8.59. The van der Waals surface area contributed by atoms with E-state index in [4.69, 9.17) is 4.74 Å². The van der Waals surface area contributed by atoms with Gasteiger partial charge in [0.15, 0.2) is 0 Å². The molecule has 1 fully saturated rings. The second-order valence-electron chi connectivity index (χ2n) is 7.55. The van der Waals surface area contributed by atoms with Crippen molar-refractivity contribution in [1.82, 2.24) is 9.62 Å². The normalized spacial score (nSPS) is 18.3. The van der Waals surface area contributed by atoms with Gasteiger partial charge in [0.05, 0.1) is 25.0 Å². The van der Waals surface area contributed by atoms with Crippen LogP contribution >= 0.6 is 11.3 Å². The van der Waals surface area contributed by atoms with Crippen molar-refractivity contribution in [3.05, 3.63) is 52.9 Å². The van der Waals surface area contributed by atoms with Gasteiger partial charge in [0.2, 0.25) is 5.91 Å². The molecule has 0 radical (unpaired) electrons. The van der Waals surface area contributed by atoms with Gasteiger partial charge in [-0.05, 0) is 44.4 Å². The first-order chi connectivity index (χ1) is 14.8. The lowest BCUT2D eigenvalue weighted by molar-refractivity contribution is -0.144. The molecule has 7 nitrogen and oxygen atoms in total. The number of thiophene rings is 1. The minimum absolute atomic E-state index is 0.0206. The van der Waals surface area contributed by atoms with E-state index in [1.165, 1.54) is 15.6 Å². The van der Waals surface area contributed by atoms with Gasteiger partial charge in [-0.2, -0.15) is 4.31 Å². The highest BCUT2D eigenvalue weighted by Crippen LogP contribution is 2.29. The summed E-state index contributed by atoms with van der Waals surface area (Å²) in [5.74, 6) is -1.11. The standard InChI is InChI=1S/C22H28N2O5S2/c1-3-29-20(25)14-19(17-8-5-4-6-9-17)23-22(26)18-10-7-13-24(15-18)31(27,28)21-12-11-16(2)30-21/h4-6,8-9,11-12,18-19H,3,7,10,13-15H2,1-2H3,(H,23,26). The Labute approximate surface area is 187 Å². The summed E-state index contributed by atoms with van der Waals surface area (Å²) in [7, 11) is -3.62. The van der Waals surface area contributed by atoms with Gasteiger partial charge in [0.25, 0.3) is 10.0 Å². The molecule has 9 heteroatoms. The first-order valence-electron chi connectivity index (χ1n) is 10.4. The Morgan fingerprint density at radius 1 is 1.23 bits per heavy atom. The molecule has 168 valence electrons. The van der Waals surface area contributed by atoms with E-state index >= 15 is 0 Å². The van der Waals surface area contributed by atoms with E-state index in [1.807, 2.05) is 37.3 Å². The van der Waals surface area contributed by atoms with Crippen molar-refractivity contribution in [2.24, 2.45) is 5.92 Å². The van der Waals surface area contributed by atoms with Crippen molar-refractivity contribution in [3.63, 3.8) is 0 Å². The van der Waals surface area contributed by atoms with Crippen LogP contribution in [0.4, 0.5) is 0 Å². The van der Waals surface area contributed by atoms with Crippen LogP contribution in [0.3, 0.4) is 0 Å². The maximum Gasteiger partial charge on any atom is 0.308 e. The number of sulfonamides is 1. The van der Waals surface area contributed by atoms with Crippen molar-refractivity contribution in [2.45, 2.75) is 43.4 Å². The number of nitrogens with zero attached hydrogens (tertiary/aromatic N) is 1. The Morgan fingerprint density at radius 2 is 1.97 bits per heavy atom. The highest BCUT2D eigenvalue weighted by Gasteiger charge is 2.35. The zero-order valence-electron chi connectivity index (χ0n) is 17.7. The molecule has 1 amide bonds. The third-order valence-electron chi connectivity index (χ3n) is 5.26. The van der Waals surface area contributed by atoms with Crippen molar-refractivity contribution in [3.8, 4) is 0 Å². The molecule has 0 bridgehead atoms. The van der Waals surface area contributed by atoms with Crippen molar-refractivity contribution in [2.75, 3.05) is 19.7 Å². The predicted molar refractivity (Wildman–Crippen MR) is 119 cm³/mol. The number of amides is 1. The largest absolute Gasteiger partial charge is 0.466 e. The van der Waals surface area contributed by atoms with Crippen molar-refractivity contribution < 1.29 is 22.7 Å². The van der Waals surface area contributed by atoms with Gasteiger partial charge in [-0.1, -0.05) is 30.3 Å². The van der Waals surface area contributed by atoms with Gasteiger partial charge in [-0.3, -0.25) is 9.59 Å². The van der Waals surface area contributed by atoms with Gasteiger partial charge < -0.3 is 10.1 Å². The molecule has 1 N–H and O–H groups in total. The van der Waals surface area contributed by atoms with Crippen LogP contribution in [0.15, 0.2) is 46.7 Å². The van der Waals surface area contributed by atoms with Gasteiger partial charge in [0.1, 0.15) is 4.21 Å². The maximum atomic E-state index is 13.1. The van der Waals surface area contributed by atoms with Crippen LogP contribution in [0.5, 0.6) is 0 Å². The molecule has 2 unspecified atom stereocenters. The number of piperidine rings is 1. The number of rotatable bonds is 8. The second kappa shape index (κ2) is 10.4. The Bertz CT molecular complexity index is 1000. The van der Waals surface area contributed by atoms with E-state index in [1.54, 1.807) is 19.1 Å². The highest BCUT2D eigenvalue weighted by molar-refractivity contribution is 7.91. The highest BCUT2D eigenvalue weighted by atomic mass is 32.2. The Morgan fingerprint density at radius 3 is 2.61 bits per heavy atom. The first kappa shape index (κ1) is 23.4. The van der Waals surface area contributed by atoms with Crippen LogP contribution in [-0.2, 0) is 24.3 Å². The predicted octanol–water partition coefficient (Wildman–Crippen LogP) is 3.27. The van der Waals surface area contributed by atoms with E-state index in [0.717, 1.165) is 10.4 Å². The van der Waals surface area contributed by atoms with Crippen LogP contribution in [-0.4, -0.2) is 44.3 Å². The molecule has 1 saturated heterocycles. The summed E-state index contributed by atoms with van der Waals surface area (Å²) in [6, 6.07) is 12.1. The third kappa shape index (κ3) is 5.93. The number of hydrogen-bond acceptors (Lipinski definition) is 6. The van der Waals surface area contributed by atoms with Crippen LogP contribution in [0, 0.1) is 12.8 Å². The zero-order chi connectivity index (χ0) is 22.4. The van der Waals surface area contributed by atoms with E-state index in [-0.39, 0.29) is 25.5 Å². The minimum atomic E-state index is -3.62. The molecule has 3 rings (SSSR count). The van der Waals surface area contributed by atoms with Gasteiger partial charge in [-0.25, -0.2) is 8.42 Å². The summed E-state index contributed by atoms with van der Waals surface area (Å²) < 4.78 is 32.7. The van der Waals surface area contributed by atoms with Crippen molar-refractivity contribution >= 4 is 33.2 Å². The summed E-state index contributed by atoms with van der Waals surface area (Å²) in [6.07, 6.45) is 1.23. The number of carbonyl (C=O) groups excluding carboxylic acids is 2. The number of benzene rings is 1. The summed E-state index contributed by atoms with van der Waals surface area (Å²) >= 11 is 1.24. The molecule has 1 aliphatic rings. The number of carbonyl (C=O) groups is 2. The monoisotopic (exact) mass is 464 g/mol. The average molecular weight is 465 g/mol. The maximum absolute atomic E-state index is 13.1.